The summed E-state index contributed by atoms with van der Waals surface area (Å²) in [4.78, 5) is 24.4. The maximum atomic E-state index is 13.3. The van der Waals surface area contributed by atoms with Crippen molar-refractivity contribution < 1.29 is 23.5 Å². The van der Waals surface area contributed by atoms with Crippen LogP contribution in [0.3, 0.4) is 0 Å². The van der Waals surface area contributed by atoms with Crippen LogP contribution in [0.4, 0.5) is 4.39 Å². The van der Waals surface area contributed by atoms with Crippen LogP contribution in [0.25, 0.3) is 0 Å². The monoisotopic (exact) mass is 266 g/mol. The molecule has 19 heavy (non-hydrogen) atoms. The van der Waals surface area contributed by atoms with Crippen LogP contribution in [-0.4, -0.2) is 26.0 Å². The average Bonchev–Trinajstić information content (AvgIpc) is 2.36. The summed E-state index contributed by atoms with van der Waals surface area (Å²) in [6.07, 6.45) is 1.63. The number of esters is 1. The second kappa shape index (κ2) is 4.99. The first-order valence-electron chi connectivity index (χ1n) is 6.02. The number of rotatable bonds is 4. The SMILES string of the molecule is COC(=O)C1(C(=O)c2cc(F)ccc2OC)CCC1. The molecule has 0 bridgehead atoms. The largest absolute Gasteiger partial charge is 0.496 e. The Balaban J connectivity index is 2.43. The molecule has 0 spiro atoms. The molecule has 0 aliphatic heterocycles. The van der Waals surface area contributed by atoms with Gasteiger partial charge < -0.3 is 9.47 Å². The maximum Gasteiger partial charge on any atom is 0.319 e. The number of hydrogen-bond acceptors (Lipinski definition) is 4. The van der Waals surface area contributed by atoms with Gasteiger partial charge in [-0.25, -0.2) is 4.39 Å². The van der Waals surface area contributed by atoms with E-state index in [1.807, 2.05) is 0 Å². The van der Waals surface area contributed by atoms with E-state index in [9.17, 15) is 14.0 Å². The molecular formula is C14H15FO4. The van der Waals surface area contributed by atoms with Crippen molar-refractivity contribution in [2.24, 2.45) is 5.41 Å². The highest BCUT2D eigenvalue weighted by Gasteiger charge is 2.52. The Bertz CT molecular complexity index is 520. The molecule has 0 aromatic heterocycles. The van der Waals surface area contributed by atoms with E-state index in [2.05, 4.69) is 0 Å². The summed E-state index contributed by atoms with van der Waals surface area (Å²) in [6, 6.07) is 3.69. The van der Waals surface area contributed by atoms with E-state index in [1.54, 1.807) is 0 Å². The number of Topliss-reactive ketones (excluding diaryl/α,β-unsaturated/α-hetero) is 1. The van der Waals surface area contributed by atoms with Gasteiger partial charge in [0, 0.05) is 0 Å². The molecule has 0 N–H and O–H groups in total. The molecule has 0 unspecified atom stereocenters. The Labute approximate surface area is 110 Å². The lowest BCUT2D eigenvalue weighted by Gasteiger charge is -2.37. The molecule has 102 valence electrons. The minimum Gasteiger partial charge on any atom is -0.496 e. The topological polar surface area (TPSA) is 52.6 Å². The number of hydrogen-bond donors (Lipinski definition) is 0. The standard InChI is InChI=1S/C14H15FO4/c1-18-11-5-4-9(15)8-10(11)12(16)14(6-3-7-14)13(17)19-2/h4-5,8H,3,6-7H2,1-2H3. The van der Waals surface area contributed by atoms with Crippen LogP contribution in [0.1, 0.15) is 29.6 Å². The van der Waals surface area contributed by atoms with Crippen molar-refractivity contribution in [2.45, 2.75) is 19.3 Å². The third-order valence-electron chi connectivity index (χ3n) is 3.62. The molecule has 0 saturated heterocycles. The third kappa shape index (κ3) is 2.09. The summed E-state index contributed by atoms with van der Waals surface area (Å²) in [5.41, 5.74) is -1.08. The highest BCUT2D eigenvalue weighted by Crippen LogP contribution is 2.45. The first-order valence-corrected chi connectivity index (χ1v) is 6.02. The molecule has 1 aliphatic rings. The van der Waals surface area contributed by atoms with Gasteiger partial charge in [-0.1, -0.05) is 6.42 Å². The molecule has 2 rings (SSSR count). The number of benzene rings is 1. The lowest BCUT2D eigenvalue weighted by atomic mass is 9.64. The van der Waals surface area contributed by atoms with E-state index in [-0.39, 0.29) is 11.3 Å². The van der Waals surface area contributed by atoms with Gasteiger partial charge in [-0.05, 0) is 31.0 Å². The fourth-order valence-electron chi connectivity index (χ4n) is 2.37. The van der Waals surface area contributed by atoms with E-state index in [1.165, 1.54) is 26.4 Å². The summed E-state index contributed by atoms with van der Waals surface area (Å²) in [5, 5.41) is 0. The van der Waals surface area contributed by atoms with Gasteiger partial charge in [0.15, 0.2) is 5.78 Å². The number of methoxy groups -OCH3 is 2. The lowest BCUT2D eigenvalue weighted by molar-refractivity contribution is -0.153. The van der Waals surface area contributed by atoms with Crippen LogP contribution in [0.5, 0.6) is 5.75 Å². The van der Waals surface area contributed by atoms with Crippen molar-refractivity contribution in [1.82, 2.24) is 0 Å². The van der Waals surface area contributed by atoms with E-state index < -0.39 is 23.0 Å². The van der Waals surface area contributed by atoms with Crippen molar-refractivity contribution in [3.05, 3.63) is 29.6 Å². The molecule has 4 nitrogen and oxygen atoms in total. The maximum absolute atomic E-state index is 13.3. The zero-order valence-electron chi connectivity index (χ0n) is 10.9. The fraction of sp³-hybridized carbons (Fsp3) is 0.429. The molecule has 0 amide bonds. The predicted molar refractivity (Wildman–Crippen MR) is 65.6 cm³/mol. The summed E-state index contributed by atoms with van der Waals surface area (Å²) in [7, 11) is 2.65. The lowest BCUT2D eigenvalue weighted by Crippen LogP contribution is -2.46. The average molecular weight is 266 g/mol. The van der Waals surface area contributed by atoms with Crippen molar-refractivity contribution in [2.75, 3.05) is 14.2 Å². The molecule has 0 radical (unpaired) electrons. The van der Waals surface area contributed by atoms with Gasteiger partial charge in [0.2, 0.25) is 0 Å². The molecule has 1 aliphatic carbocycles. The van der Waals surface area contributed by atoms with Crippen LogP contribution < -0.4 is 4.74 Å². The predicted octanol–water partition coefficient (Wildman–Crippen LogP) is 2.36. The van der Waals surface area contributed by atoms with Crippen LogP contribution in [0.2, 0.25) is 0 Å². The number of carbonyl (C=O) groups is 2. The quantitative estimate of drug-likeness (QED) is 0.477. The van der Waals surface area contributed by atoms with Gasteiger partial charge >= 0.3 is 5.97 Å². The normalized spacial score (nSPS) is 16.4. The van der Waals surface area contributed by atoms with E-state index in [0.29, 0.717) is 12.8 Å². The third-order valence-corrected chi connectivity index (χ3v) is 3.62. The zero-order valence-corrected chi connectivity index (χ0v) is 10.9. The molecule has 0 atom stereocenters. The Kier molecular flexibility index (Phi) is 3.55. The molecule has 1 aromatic carbocycles. The van der Waals surface area contributed by atoms with Gasteiger partial charge in [0.1, 0.15) is 17.0 Å². The number of ether oxygens (including phenoxy) is 2. The van der Waals surface area contributed by atoms with Crippen LogP contribution in [-0.2, 0) is 9.53 Å². The Morgan fingerprint density at radius 1 is 1.26 bits per heavy atom. The van der Waals surface area contributed by atoms with E-state index >= 15 is 0 Å². The first-order chi connectivity index (χ1) is 9.05. The van der Waals surface area contributed by atoms with E-state index in [0.717, 1.165) is 12.5 Å². The van der Waals surface area contributed by atoms with Gasteiger partial charge in [0.05, 0.1) is 19.8 Å². The summed E-state index contributed by atoms with van der Waals surface area (Å²) < 4.78 is 23.1. The smallest absolute Gasteiger partial charge is 0.319 e. The van der Waals surface area contributed by atoms with Gasteiger partial charge in [0.25, 0.3) is 0 Å². The number of ketones is 1. The molecular weight excluding hydrogens is 251 g/mol. The fourth-order valence-corrected chi connectivity index (χ4v) is 2.37. The van der Waals surface area contributed by atoms with Crippen LogP contribution in [0, 0.1) is 11.2 Å². The van der Waals surface area contributed by atoms with Crippen LogP contribution in [0.15, 0.2) is 18.2 Å². The molecule has 1 fully saturated rings. The second-order valence-corrected chi connectivity index (χ2v) is 4.60. The number of halogens is 1. The Morgan fingerprint density at radius 3 is 2.42 bits per heavy atom. The highest BCUT2D eigenvalue weighted by atomic mass is 19.1. The van der Waals surface area contributed by atoms with Gasteiger partial charge in [-0.15, -0.1) is 0 Å². The van der Waals surface area contributed by atoms with Gasteiger partial charge in [-0.3, -0.25) is 9.59 Å². The van der Waals surface area contributed by atoms with Crippen LogP contribution >= 0.6 is 0 Å². The number of carbonyl (C=O) groups excluding carboxylic acids is 2. The van der Waals surface area contributed by atoms with E-state index in [4.69, 9.17) is 9.47 Å². The first kappa shape index (κ1) is 13.5. The summed E-state index contributed by atoms with van der Waals surface area (Å²) in [5.74, 6) is -1.26. The van der Waals surface area contributed by atoms with Gasteiger partial charge in [-0.2, -0.15) is 0 Å². The molecule has 5 heteroatoms. The molecule has 0 heterocycles. The zero-order chi connectivity index (χ0) is 14.0. The molecule has 1 saturated carbocycles. The highest BCUT2D eigenvalue weighted by molar-refractivity contribution is 6.14. The second-order valence-electron chi connectivity index (χ2n) is 4.60. The van der Waals surface area contributed by atoms with Crippen molar-refractivity contribution in [1.29, 1.82) is 0 Å². The van der Waals surface area contributed by atoms with Crippen molar-refractivity contribution in [3.8, 4) is 5.75 Å². The minimum atomic E-state index is -1.17. The minimum absolute atomic E-state index is 0.0904. The summed E-state index contributed by atoms with van der Waals surface area (Å²) >= 11 is 0. The van der Waals surface area contributed by atoms with Crippen molar-refractivity contribution >= 4 is 11.8 Å². The molecule has 1 aromatic rings. The summed E-state index contributed by atoms with van der Waals surface area (Å²) in [6.45, 7) is 0. The Hall–Kier alpha value is -1.91. The Morgan fingerprint density at radius 2 is 1.95 bits per heavy atom. The van der Waals surface area contributed by atoms with Crippen molar-refractivity contribution in [3.63, 3.8) is 0 Å².